The lowest BCUT2D eigenvalue weighted by molar-refractivity contribution is -0.142. The van der Waals surface area contributed by atoms with Crippen LogP contribution in [0.2, 0.25) is 0 Å². The zero-order valence-corrected chi connectivity index (χ0v) is 23.7. The van der Waals surface area contributed by atoms with E-state index < -0.39 is 17.5 Å². The van der Waals surface area contributed by atoms with Crippen molar-refractivity contribution in [3.63, 3.8) is 0 Å². The summed E-state index contributed by atoms with van der Waals surface area (Å²) < 4.78 is 6.24. The first-order valence-corrected chi connectivity index (χ1v) is 14.9. The third kappa shape index (κ3) is 4.97. The number of benzene rings is 1. The van der Waals surface area contributed by atoms with E-state index in [1.165, 1.54) is 11.1 Å². The molecule has 5 rings (SSSR count). The molecule has 7 unspecified atom stereocenters. The number of hydrogen-bond donors (Lipinski definition) is 5. The van der Waals surface area contributed by atoms with E-state index in [9.17, 15) is 20.1 Å². The van der Waals surface area contributed by atoms with Gasteiger partial charge in [0.05, 0.1) is 23.8 Å². The van der Waals surface area contributed by atoms with Crippen molar-refractivity contribution in [1.82, 2.24) is 5.32 Å². The average Bonchev–Trinajstić information content (AvgIpc) is 3.21. The minimum atomic E-state index is -1.11. The maximum absolute atomic E-state index is 12.1. The zero-order valence-electron chi connectivity index (χ0n) is 23.7. The summed E-state index contributed by atoms with van der Waals surface area (Å²) in [7, 11) is 0. The van der Waals surface area contributed by atoms with Crippen molar-refractivity contribution in [1.29, 1.82) is 0 Å². The molecule has 7 heteroatoms. The number of carbonyl (C=O) groups is 1. The van der Waals surface area contributed by atoms with E-state index in [4.69, 9.17) is 10.5 Å². The molecule has 4 aliphatic carbocycles. The molecule has 7 atom stereocenters. The normalized spacial score (nSPS) is 36.1. The van der Waals surface area contributed by atoms with Gasteiger partial charge in [-0.3, -0.25) is 4.79 Å². The van der Waals surface area contributed by atoms with E-state index in [1.54, 1.807) is 12.3 Å². The SMILES string of the molecule is CCC(CC)OC1CC(N/C=C(\N)C2(O)CCC3C4CCc5cc(O)ccc5C4CCC32C)=CC(C(=O)O)C1. The molecular formula is C32H46N2O5. The standard InChI is InChI=1S/C32H46N2O5/c1-4-23(5-2)39-24-16-20(30(36)37)14-21(17-24)34-18-29(33)32(38)13-11-28-27-8-6-19-15-22(35)7-9-25(19)26(27)10-12-31(28,32)3/h7,9,14-15,18,20,23-24,26-28,34-35,38H,4-6,8,10-13,16-17,33H2,1-3H3,(H,36,37)/b29-18-. The van der Waals surface area contributed by atoms with Gasteiger partial charge in [0, 0.05) is 23.7 Å². The molecule has 0 heterocycles. The Morgan fingerprint density at radius 1 is 1.23 bits per heavy atom. The summed E-state index contributed by atoms with van der Waals surface area (Å²) in [5.41, 5.74) is 9.10. The number of ether oxygens (including phenoxy) is 1. The van der Waals surface area contributed by atoms with Crippen LogP contribution in [0.3, 0.4) is 0 Å². The maximum Gasteiger partial charge on any atom is 0.310 e. The smallest absolute Gasteiger partial charge is 0.310 e. The maximum atomic E-state index is 12.1. The van der Waals surface area contributed by atoms with Gasteiger partial charge in [-0.1, -0.05) is 32.9 Å². The Morgan fingerprint density at radius 2 is 2.00 bits per heavy atom. The van der Waals surface area contributed by atoms with Gasteiger partial charge in [-0.2, -0.15) is 0 Å². The quantitative estimate of drug-likeness (QED) is 0.303. The van der Waals surface area contributed by atoms with E-state index >= 15 is 0 Å². The summed E-state index contributed by atoms with van der Waals surface area (Å²) >= 11 is 0. The summed E-state index contributed by atoms with van der Waals surface area (Å²) in [4.78, 5) is 11.9. The van der Waals surface area contributed by atoms with Crippen LogP contribution in [-0.4, -0.2) is 39.1 Å². The number of aliphatic carboxylic acids is 1. The average molecular weight is 539 g/mol. The number of phenols is 1. The fraction of sp³-hybridized carbons (Fsp3) is 0.656. The number of hydrogen-bond acceptors (Lipinski definition) is 6. The highest BCUT2D eigenvalue weighted by atomic mass is 16.5. The van der Waals surface area contributed by atoms with Gasteiger partial charge in [0.25, 0.3) is 0 Å². The lowest BCUT2D eigenvalue weighted by Crippen LogP contribution is -2.53. The summed E-state index contributed by atoms with van der Waals surface area (Å²) in [6.07, 6.45) is 11.8. The number of aromatic hydroxyl groups is 1. The van der Waals surface area contributed by atoms with Gasteiger partial charge < -0.3 is 31.1 Å². The number of carboxylic acid groups (broad SMARTS) is 1. The van der Waals surface area contributed by atoms with Crippen molar-refractivity contribution in [2.24, 2.45) is 28.9 Å². The molecular weight excluding hydrogens is 492 g/mol. The van der Waals surface area contributed by atoms with E-state index in [2.05, 4.69) is 32.2 Å². The Balaban J connectivity index is 1.32. The van der Waals surface area contributed by atoms with Crippen molar-refractivity contribution in [3.05, 3.63) is 53.0 Å². The highest BCUT2D eigenvalue weighted by molar-refractivity contribution is 5.72. The van der Waals surface area contributed by atoms with Gasteiger partial charge in [0.2, 0.25) is 0 Å². The Kier molecular flexibility index (Phi) is 7.77. The molecule has 39 heavy (non-hydrogen) atoms. The van der Waals surface area contributed by atoms with Crippen molar-refractivity contribution in [3.8, 4) is 5.75 Å². The molecule has 0 radical (unpaired) electrons. The predicted molar refractivity (Wildman–Crippen MR) is 151 cm³/mol. The molecule has 2 fully saturated rings. The Bertz CT molecular complexity index is 1140. The molecule has 0 aromatic heterocycles. The molecule has 0 saturated heterocycles. The van der Waals surface area contributed by atoms with Crippen LogP contribution in [0.25, 0.3) is 0 Å². The molecule has 4 aliphatic rings. The van der Waals surface area contributed by atoms with Crippen LogP contribution in [0.15, 0.2) is 41.9 Å². The fourth-order valence-corrected chi connectivity index (χ4v) is 8.48. The third-order valence-corrected chi connectivity index (χ3v) is 10.7. The monoisotopic (exact) mass is 538 g/mol. The molecule has 2 saturated carbocycles. The van der Waals surface area contributed by atoms with E-state index in [1.807, 2.05) is 12.1 Å². The lowest BCUT2D eigenvalue weighted by atomic mass is 9.53. The fourth-order valence-electron chi connectivity index (χ4n) is 8.48. The summed E-state index contributed by atoms with van der Waals surface area (Å²) in [6, 6.07) is 5.83. The van der Waals surface area contributed by atoms with Crippen LogP contribution in [0.1, 0.15) is 95.6 Å². The molecule has 0 spiro atoms. The van der Waals surface area contributed by atoms with Gasteiger partial charge in [0.15, 0.2) is 0 Å². The zero-order chi connectivity index (χ0) is 27.9. The van der Waals surface area contributed by atoms with E-state index in [0.717, 1.165) is 50.6 Å². The summed E-state index contributed by atoms with van der Waals surface area (Å²) in [5.74, 6) is 0.206. The van der Waals surface area contributed by atoms with Gasteiger partial charge in [-0.05, 0) is 98.8 Å². The minimum absolute atomic E-state index is 0.119. The second-order valence-corrected chi connectivity index (χ2v) is 12.7. The molecule has 7 nitrogen and oxygen atoms in total. The Hall–Kier alpha value is -2.51. The van der Waals surface area contributed by atoms with Crippen LogP contribution in [-0.2, 0) is 16.0 Å². The Labute approximate surface area is 232 Å². The summed E-state index contributed by atoms with van der Waals surface area (Å²) in [5, 5.41) is 35.1. The van der Waals surface area contributed by atoms with Gasteiger partial charge in [-0.25, -0.2) is 0 Å². The van der Waals surface area contributed by atoms with Crippen LogP contribution in [0.5, 0.6) is 5.75 Å². The number of aryl methyl sites for hydroxylation is 1. The first kappa shape index (κ1) is 28.0. The van der Waals surface area contributed by atoms with Crippen molar-refractivity contribution in [2.45, 2.75) is 109 Å². The number of fused-ring (bicyclic) bond motifs is 5. The van der Waals surface area contributed by atoms with Gasteiger partial charge in [0.1, 0.15) is 11.4 Å². The number of nitrogens with one attached hydrogen (secondary N) is 1. The lowest BCUT2D eigenvalue weighted by Gasteiger charge is -2.53. The second-order valence-electron chi connectivity index (χ2n) is 12.7. The summed E-state index contributed by atoms with van der Waals surface area (Å²) in [6.45, 7) is 6.39. The third-order valence-electron chi connectivity index (χ3n) is 10.7. The number of nitrogens with two attached hydrogens (primary N) is 1. The highest BCUT2D eigenvalue weighted by Crippen LogP contribution is 2.65. The molecule has 0 aliphatic heterocycles. The largest absolute Gasteiger partial charge is 0.508 e. The molecule has 0 bridgehead atoms. The molecule has 6 N–H and O–H groups in total. The minimum Gasteiger partial charge on any atom is -0.508 e. The van der Waals surface area contributed by atoms with E-state index in [-0.39, 0.29) is 17.6 Å². The molecule has 0 amide bonds. The van der Waals surface area contributed by atoms with Crippen LogP contribution in [0.4, 0.5) is 0 Å². The van der Waals surface area contributed by atoms with E-state index in [0.29, 0.717) is 48.5 Å². The Morgan fingerprint density at radius 3 is 2.72 bits per heavy atom. The van der Waals surface area contributed by atoms with Gasteiger partial charge in [-0.15, -0.1) is 0 Å². The first-order chi connectivity index (χ1) is 18.6. The van der Waals surface area contributed by atoms with Gasteiger partial charge >= 0.3 is 5.97 Å². The van der Waals surface area contributed by atoms with Crippen LogP contribution >= 0.6 is 0 Å². The van der Waals surface area contributed by atoms with Crippen LogP contribution < -0.4 is 11.1 Å². The highest BCUT2D eigenvalue weighted by Gasteiger charge is 2.62. The van der Waals surface area contributed by atoms with Crippen molar-refractivity contribution in [2.75, 3.05) is 0 Å². The van der Waals surface area contributed by atoms with Crippen LogP contribution in [0, 0.1) is 23.2 Å². The molecule has 214 valence electrons. The topological polar surface area (TPSA) is 125 Å². The van der Waals surface area contributed by atoms with Crippen molar-refractivity contribution >= 4 is 5.97 Å². The number of phenolic OH excluding ortho intramolecular Hbond substituents is 1. The second kappa shape index (κ2) is 10.8. The first-order valence-electron chi connectivity index (χ1n) is 14.9. The van der Waals surface area contributed by atoms with Crippen molar-refractivity contribution < 1.29 is 24.9 Å². The molecule has 1 aromatic carbocycles. The predicted octanol–water partition coefficient (Wildman–Crippen LogP) is 5.32. The number of carboxylic acids is 1. The number of rotatable bonds is 8. The molecule has 1 aromatic rings. The number of aliphatic hydroxyl groups is 1.